The highest BCUT2D eigenvalue weighted by atomic mass is 28.4. The Kier molecular flexibility index (Phi) is 4.02. The van der Waals surface area contributed by atoms with Gasteiger partial charge in [-0.3, -0.25) is 0 Å². The number of fused-ring (bicyclic) bond motifs is 4. The van der Waals surface area contributed by atoms with Gasteiger partial charge in [-0.1, -0.05) is 32.9 Å². The van der Waals surface area contributed by atoms with E-state index in [0.717, 1.165) is 23.1 Å². The summed E-state index contributed by atoms with van der Waals surface area (Å²) in [7, 11) is 1.32. The SMILES string of the molecule is COC1c2ccc3c(c2C1(OC)O[Si](C)(C)C(C)(C)C)C1(C3)OCCO1. The van der Waals surface area contributed by atoms with Crippen LogP contribution in [0.15, 0.2) is 12.1 Å². The van der Waals surface area contributed by atoms with Crippen molar-refractivity contribution in [1.29, 1.82) is 0 Å². The Balaban J connectivity index is 1.84. The van der Waals surface area contributed by atoms with Crippen LogP contribution in [0.2, 0.25) is 18.1 Å². The van der Waals surface area contributed by atoms with Crippen LogP contribution in [0.5, 0.6) is 0 Å². The minimum atomic E-state index is -2.11. The molecule has 2 aliphatic carbocycles. The van der Waals surface area contributed by atoms with Crippen LogP contribution < -0.4 is 0 Å². The summed E-state index contributed by atoms with van der Waals surface area (Å²) >= 11 is 0. The molecule has 0 N–H and O–H groups in total. The molecule has 1 saturated heterocycles. The number of benzene rings is 1. The van der Waals surface area contributed by atoms with E-state index in [1.807, 2.05) is 0 Å². The number of methoxy groups -OCH3 is 2. The molecule has 1 aromatic carbocycles. The lowest BCUT2D eigenvalue weighted by molar-refractivity contribution is -0.279. The van der Waals surface area contributed by atoms with Crippen LogP contribution in [0.25, 0.3) is 0 Å². The molecule has 5 nitrogen and oxygen atoms in total. The van der Waals surface area contributed by atoms with E-state index in [0.29, 0.717) is 13.2 Å². The molecule has 0 amide bonds. The van der Waals surface area contributed by atoms with E-state index in [9.17, 15) is 0 Å². The minimum Gasteiger partial charge on any atom is -0.384 e. The number of rotatable bonds is 4. The van der Waals surface area contributed by atoms with Gasteiger partial charge in [-0.25, -0.2) is 0 Å². The zero-order valence-corrected chi connectivity index (χ0v) is 17.9. The third-order valence-corrected chi connectivity index (χ3v) is 11.0. The molecule has 1 spiro atoms. The van der Waals surface area contributed by atoms with Gasteiger partial charge in [0.2, 0.25) is 5.79 Å². The smallest absolute Gasteiger partial charge is 0.217 e. The second-order valence-corrected chi connectivity index (χ2v) is 13.8. The first-order valence-corrected chi connectivity index (χ1v) is 12.3. The molecule has 3 aliphatic rings. The van der Waals surface area contributed by atoms with Crippen molar-refractivity contribution in [3.05, 3.63) is 34.4 Å². The van der Waals surface area contributed by atoms with Crippen LogP contribution in [0.3, 0.4) is 0 Å². The molecule has 0 aromatic heterocycles. The van der Waals surface area contributed by atoms with Gasteiger partial charge in [-0.05, 0) is 29.3 Å². The van der Waals surface area contributed by atoms with Crippen LogP contribution in [0.4, 0.5) is 0 Å². The van der Waals surface area contributed by atoms with Crippen molar-refractivity contribution in [3.8, 4) is 0 Å². The zero-order chi connectivity index (χ0) is 19.0. The Hall–Kier alpha value is -0.763. The Labute approximate surface area is 157 Å². The van der Waals surface area contributed by atoms with Gasteiger partial charge in [0, 0.05) is 31.8 Å². The lowest BCUT2D eigenvalue weighted by atomic mass is 9.66. The maximum atomic E-state index is 6.86. The molecule has 0 saturated carbocycles. The largest absolute Gasteiger partial charge is 0.384 e. The van der Waals surface area contributed by atoms with Gasteiger partial charge in [0.1, 0.15) is 6.10 Å². The van der Waals surface area contributed by atoms with E-state index >= 15 is 0 Å². The molecule has 144 valence electrons. The van der Waals surface area contributed by atoms with Gasteiger partial charge in [-0.15, -0.1) is 0 Å². The Morgan fingerprint density at radius 1 is 1.08 bits per heavy atom. The molecule has 6 heteroatoms. The third kappa shape index (κ3) is 2.20. The summed E-state index contributed by atoms with van der Waals surface area (Å²) in [6, 6.07) is 4.29. The van der Waals surface area contributed by atoms with Gasteiger partial charge < -0.3 is 23.4 Å². The van der Waals surface area contributed by atoms with Crippen molar-refractivity contribution in [2.24, 2.45) is 0 Å². The van der Waals surface area contributed by atoms with E-state index in [4.69, 9.17) is 23.4 Å². The molecule has 1 fully saturated rings. The summed E-state index contributed by atoms with van der Waals surface area (Å²) in [6.07, 6.45) is 0.536. The molecule has 26 heavy (non-hydrogen) atoms. The maximum absolute atomic E-state index is 6.86. The van der Waals surface area contributed by atoms with Crippen molar-refractivity contribution in [3.63, 3.8) is 0 Å². The first-order chi connectivity index (χ1) is 12.1. The van der Waals surface area contributed by atoms with Crippen LogP contribution in [0, 0.1) is 0 Å². The molecule has 2 unspecified atom stereocenters. The van der Waals surface area contributed by atoms with Crippen molar-refractivity contribution >= 4 is 8.32 Å². The zero-order valence-electron chi connectivity index (χ0n) is 16.9. The summed E-state index contributed by atoms with van der Waals surface area (Å²) < 4.78 is 30.8. The summed E-state index contributed by atoms with van der Waals surface area (Å²) in [5, 5.41) is 0.0620. The van der Waals surface area contributed by atoms with Crippen molar-refractivity contribution < 1.29 is 23.4 Å². The summed E-state index contributed by atoms with van der Waals surface area (Å²) in [5.41, 5.74) is 4.52. The highest BCUT2D eigenvalue weighted by molar-refractivity contribution is 6.74. The quantitative estimate of drug-likeness (QED) is 0.586. The molecule has 2 atom stereocenters. The average Bonchev–Trinajstić information content (AvgIpc) is 3.03. The molecule has 1 heterocycles. The second-order valence-electron chi connectivity index (χ2n) is 9.04. The average molecular weight is 379 g/mol. The molecule has 1 aromatic rings. The lowest BCUT2D eigenvalue weighted by Gasteiger charge is -2.57. The maximum Gasteiger partial charge on any atom is 0.217 e. The van der Waals surface area contributed by atoms with Crippen LogP contribution in [0.1, 0.15) is 49.1 Å². The number of hydrogen-bond acceptors (Lipinski definition) is 5. The second kappa shape index (κ2) is 5.62. The highest BCUT2D eigenvalue weighted by Crippen LogP contribution is 2.62. The predicted molar refractivity (Wildman–Crippen MR) is 100 cm³/mol. The molecule has 1 aliphatic heterocycles. The topological polar surface area (TPSA) is 46.2 Å². The van der Waals surface area contributed by atoms with Crippen LogP contribution in [-0.2, 0) is 41.4 Å². The Bertz CT molecular complexity index is 732. The molecule has 0 radical (unpaired) electrons. The molecular weight excluding hydrogens is 348 g/mol. The van der Waals surface area contributed by atoms with Crippen LogP contribution >= 0.6 is 0 Å². The highest BCUT2D eigenvalue weighted by Gasteiger charge is 2.64. The minimum absolute atomic E-state index is 0.0620. The van der Waals surface area contributed by atoms with Gasteiger partial charge >= 0.3 is 0 Å². The standard InChI is InChI=1S/C20H30O5Si/c1-18(2,3)26(6,7)25-20(22-5)16-14(17(20)21-4)9-8-13-12-19(15(13)16)23-10-11-24-19/h8-9,17H,10-12H2,1-7H3. The predicted octanol–water partition coefficient (Wildman–Crippen LogP) is 3.96. The lowest BCUT2D eigenvalue weighted by Crippen LogP contribution is -2.59. The Morgan fingerprint density at radius 3 is 2.27 bits per heavy atom. The third-order valence-electron chi connectivity index (χ3n) is 6.61. The monoisotopic (exact) mass is 378 g/mol. The van der Waals surface area contributed by atoms with E-state index in [1.165, 1.54) is 5.56 Å². The van der Waals surface area contributed by atoms with E-state index in [2.05, 4.69) is 46.0 Å². The van der Waals surface area contributed by atoms with Gasteiger partial charge in [0.05, 0.1) is 13.2 Å². The summed E-state index contributed by atoms with van der Waals surface area (Å²) in [5.74, 6) is -1.53. The summed E-state index contributed by atoms with van der Waals surface area (Å²) in [4.78, 5) is 0. The number of ether oxygens (including phenoxy) is 4. The van der Waals surface area contributed by atoms with Crippen molar-refractivity contribution in [2.45, 2.75) is 63.0 Å². The Morgan fingerprint density at radius 2 is 1.73 bits per heavy atom. The molecule has 4 rings (SSSR count). The fraction of sp³-hybridized carbons (Fsp3) is 0.700. The van der Waals surface area contributed by atoms with Gasteiger partial charge in [0.15, 0.2) is 14.1 Å². The van der Waals surface area contributed by atoms with Gasteiger partial charge in [-0.2, -0.15) is 0 Å². The van der Waals surface area contributed by atoms with Crippen molar-refractivity contribution in [1.82, 2.24) is 0 Å². The first kappa shape index (κ1) is 18.6. The van der Waals surface area contributed by atoms with Crippen LogP contribution in [-0.4, -0.2) is 35.8 Å². The first-order valence-electron chi connectivity index (χ1n) is 9.35. The number of hydrogen-bond donors (Lipinski definition) is 0. The fourth-order valence-corrected chi connectivity index (χ4v) is 5.56. The van der Waals surface area contributed by atoms with E-state index < -0.39 is 19.9 Å². The van der Waals surface area contributed by atoms with E-state index in [1.54, 1.807) is 14.2 Å². The van der Waals surface area contributed by atoms with Crippen molar-refractivity contribution in [2.75, 3.05) is 27.4 Å². The summed E-state index contributed by atoms with van der Waals surface area (Å²) in [6.45, 7) is 12.4. The normalized spacial score (nSPS) is 29.1. The van der Waals surface area contributed by atoms with Gasteiger partial charge in [0.25, 0.3) is 0 Å². The molecular formula is C20H30O5Si. The van der Waals surface area contributed by atoms with E-state index in [-0.39, 0.29) is 11.1 Å². The fourth-order valence-electron chi connectivity index (χ4n) is 4.20. The molecule has 0 bridgehead atoms.